The van der Waals surface area contributed by atoms with Crippen molar-refractivity contribution in [3.63, 3.8) is 0 Å². The van der Waals surface area contributed by atoms with Gasteiger partial charge in [0.05, 0.1) is 24.3 Å². The fourth-order valence-corrected chi connectivity index (χ4v) is 2.90. The monoisotopic (exact) mass is 451 g/mol. The van der Waals surface area contributed by atoms with Crippen LogP contribution in [0, 0.1) is 0 Å². The number of carbonyl (C=O) groups excluding carboxylic acids is 1. The van der Waals surface area contributed by atoms with Crippen molar-refractivity contribution in [2.75, 3.05) is 7.11 Å². The summed E-state index contributed by atoms with van der Waals surface area (Å²) < 4.78 is 58.2. The predicted molar refractivity (Wildman–Crippen MR) is 92.3 cm³/mol. The van der Waals surface area contributed by atoms with E-state index in [1.54, 1.807) is 6.07 Å². The van der Waals surface area contributed by atoms with Crippen LogP contribution in [0.5, 0.6) is 5.75 Å². The van der Waals surface area contributed by atoms with E-state index >= 15 is 0 Å². The molecule has 0 spiro atoms. The van der Waals surface area contributed by atoms with Gasteiger partial charge in [0, 0.05) is 5.56 Å². The molecule has 2 aromatic rings. The highest BCUT2D eigenvalue weighted by Gasteiger charge is 2.27. The minimum absolute atomic E-state index is 0.251. The van der Waals surface area contributed by atoms with E-state index in [2.05, 4.69) is 26.1 Å². The van der Waals surface area contributed by atoms with Crippen LogP contribution in [-0.4, -0.2) is 29.1 Å². The first kappa shape index (κ1) is 20.7. The number of primary amides is 1. The van der Waals surface area contributed by atoms with E-state index in [0.29, 0.717) is 16.9 Å². The van der Waals surface area contributed by atoms with Gasteiger partial charge in [-0.2, -0.15) is 10.2 Å². The molecule has 0 aliphatic rings. The minimum Gasteiger partial charge on any atom is -0.496 e. The number of amides is 2. The van der Waals surface area contributed by atoms with Crippen molar-refractivity contribution in [1.82, 2.24) is 15.2 Å². The first-order valence-electron chi connectivity index (χ1n) is 7.32. The van der Waals surface area contributed by atoms with Gasteiger partial charge in [-0.1, -0.05) is 0 Å². The second kappa shape index (κ2) is 8.84. The molecule has 146 valence electrons. The van der Waals surface area contributed by atoms with Crippen molar-refractivity contribution in [2.45, 2.75) is 19.4 Å². The molecule has 0 aliphatic heterocycles. The number of methoxy groups -OCH3 is 1. The number of ether oxygens (including phenoxy) is 1. The predicted octanol–water partition coefficient (Wildman–Crippen LogP) is 3.58. The average Bonchev–Trinajstić information content (AvgIpc) is 2.91. The van der Waals surface area contributed by atoms with Gasteiger partial charge in [-0.05, 0) is 39.7 Å². The summed E-state index contributed by atoms with van der Waals surface area (Å²) in [4.78, 5) is 10.6. The second-order valence-electron chi connectivity index (χ2n) is 5.15. The lowest BCUT2D eigenvalue weighted by Gasteiger charge is -2.12. The maximum Gasteiger partial charge on any atom is 0.332 e. The van der Waals surface area contributed by atoms with Crippen LogP contribution in [0.15, 0.2) is 27.8 Å². The lowest BCUT2D eigenvalue weighted by molar-refractivity contribution is 0.139. The molecule has 0 bridgehead atoms. The number of hydrazone groups is 1. The molecule has 0 unspecified atom stereocenters. The lowest BCUT2D eigenvalue weighted by Crippen LogP contribution is -2.24. The number of rotatable bonds is 7. The number of nitrogens with two attached hydrogens (primary N) is 1. The Hall–Kier alpha value is -2.63. The molecule has 7 nitrogen and oxygen atoms in total. The van der Waals surface area contributed by atoms with Gasteiger partial charge in [-0.3, -0.25) is 4.68 Å². The first-order chi connectivity index (χ1) is 12.7. The molecule has 1 aromatic carbocycles. The smallest absolute Gasteiger partial charge is 0.332 e. The van der Waals surface area contributed by atoms with Crippen molar-refractivity contribution < 1.29 is 27.1 Å². The molecule has 0 saturated heterocycles. The molecule has 0 fully saturated rings. The van der Waals surface area contributed by atoms with E-state index in [1.165, 1.54) is 25.5 Å². The van der Waals surface area contributed by atoms with Crippen molar-refractivity contribution >= 4 is 28.2 Å². The number of hydrogen-bond acceptors (Lipinski definition) is 4. The van der Waals surface area contributed by atoms with Gasteiger partial charge in [-0.25, -0.2) is 27.8 Å². The largest absolute Gasteiger partial charge is 0.496 e. The van der Waals surface area contributed by atoms with E-state index in [1.807, 2.05) is 5.43 Å². The fourth-order valence-electron chi connectivity index (χ4n) is 2.27. The summed E-state index contributed by atoms with van der Waals surface area (Å²) >= 11 is 2.77. The second-order valence-corrected chi connectivity index (χ2v) is 5.94. The summed E-state index contributed by atoms with van der Waals surface area (Å²) in [7, 11) is 1.37. The van der Waals surface area contributed by atoms with Crippen LogP contribution in [0.1, 0.15) is 35.4 Å². The first-order valence-corrected chi connectivity index (χ1v) is 8.11. The van der Waals surface area contributed by atoms with Gasteiger partial charge in [-0.15, -0.1) is 0 Å². The summed E-state index contributed by atoms with van der Waals surface area (Å²) in [6.07, 6.45) is -4.76. The Kier molecular flexibility index (Phi) is 6.77. The standard InChI is InChI=1S/C15H14BrF4N5O2/c1-27-9-3-2-7(5-22-23-15(21)26)4-8(9)6-25-12(14(19)20)10(16)11(24-25)13(17)18/h2-5,13-14H,6H2,1H3,(H3,21,23,26). The molecule has 1 heterocycles. The number of nitrogens with one attached hydrogen (secondary N) is 1. The Morgan fingerprint density at radius 3 is 2.67 bits per heavy atom. The molecule has 2 rings (SSSR count). The van der Waals surface area contributed by atoms with Crippen molar-refractivity contribution in [3.05, 3.63) is 45.2 Å². The topological polar surface area (TPSA) is 94.5 Å². The Labute approximate surface area is 159 Å². The maximum absolute atomic E-state index is 13.3. The molecular formula is C15H14BrF4N5O2. The third-order valence-electron chi connectivity index (χ3n) is 3.38. The number of alkyl halides is 4. The van der Waals surface area contributed by atoms with Crippen LogP contribution in [-0.2, 0) is 6.54 Å². The van der Waals surface area contributed by atoms with Crippen LogP contribution >= 0.6 is 15.9 Å². The highest BCUT2D eigenvalue weighted by molar-refractivity contribution is 9.10. The van der Waals surface area contributed by atoms with E-state index < -0.39 is 34.7 Å². The van der Waals surface area contributed by atoms with E-state index in [4.69, 9.17) is 10.5 Å². The summed E-state index contributed by atoms with van der Waals surface area (Å²) in [5.41, 5.74) is 6.33. The van der Waals surface area contributed by atoms with Gasteiger partial charge >= 0.3 is 6.03 Å². The number of carbonyl (C=O) groups is 1. The van der Waals surface area contributed by atoms with Crippen LogP contribution in [0.4, 0.5) is 22.4 Å². The fraction of sp³-hybridized carbons (Fsp3) is 0.267. The lowest BCUT2D eigenvalue weighted by atomic mass is 10.1. The third-order valence-corrected chi connectivity index (χ3v) is 4.20. The number of aromatic nitrogens is 2. The zero-order chi connectivity index (χ0) is 20.1. The van der Waals surface area contributed by atoms with E-state index in [-0.39, 0.29) is 6.54 Å². The number of benzene rings is 1. The number of hydrogen-bond donors (Lipinski definition) is 2. The summed E-state index contributed by atoms with van der Waals surface area (Å²) in [6, 6.07) is 3.79. The molecule has 0 saturated carbocycles. The molecular weight excluding hydrogens is 438 g/mol. The molecule has 0 aliphatic carbocycles. The maximum atomic E-state index is 13.3. The molecule has 0 radical (unpaired) electrons. The normalized spacial score (nSPS) is 11.6. The highest BCUT2D eigenvalue weighted by atomic mass is 79.9. The summed E-state index contributed by atoms with van der Waals surface area (Å²) in [5.74, 6) is 0.334. The zero-order valence-corrected chi connectivity index (χ0v) is 15.4. The minimum atomic E-state index is -3.02. The quantitative estimate of drug-likeness (QED) is 0.382. The van der Waals surface area contributed by atoms with Crippen LogP contribution in [0.25, 0.3) is 0 Å². The number of nitrogens with zero attached hydrogens (tertiary/aromatic N) is 3. The van der Waals surface area contributed by atoms with Crippen LogP contribution in [0.3, 0.4) is 0 Å². The van der Waals surface area contributed by atoms with Gasteiger partial charge in [0.2, 0.25) is 0 Å². The zero-order valence-electron chi connectivity index (χ0n) is 13.8. The third kappa shape index (κ3) is 4.96. The van der Waals surface area contributed by atoms with Gasteiger partial charge in [0.15, 0.2) is 0 Å². The van der Waals surface area contributed by atoms with Gasteiger partial charge in [0.1, 0.15) is 17.1 Å². The van der Waals surface area contributed by atoms with Crippen LogP contribution in [0.2, 0.25) is 0 Å². The number of halogens is 5. The Bertz CT molecular complexity index is 857. The SMILES string of the molecule is COc1ccc(C=NNC(N)=O)cc1Cn1nc(C(F)F)c(Br)c1C(F)F. The molecule has 27 heavy (non-hydrogen) atoms. The number of urea groups is 1. The van der Waals surface area contributed by atoms with Gasteiger partial charge in [0.25, 0.3) is 12.9 Å². The average molecular weight is 452 g/mol. The highest BCUT2D eigenvalue weighted by Crippen LogP contribution is 2.35. The van der Waals surface area contributed by atoms with Crippen LogP contribution < -0.4 is 15.9 Å². The van der Waals surface area contributed by atoms with Crippen molar-refractivity contribution in [1.29, 1.82) is 0 Å². The molecule has 2 amide bonds. The Morgan fingerprint density at radius 2 is 2.11 bits per heavy atom. The summed E-state index contributed by atoms with van der Waals surface area (Å²) in [5, 5.41) is 7.19. The molecule has 1 aromatic heterocycles. The Balaban J connectivity index is 2.42. The summed E-state index contributed by atoms with van der Waals surface area (Å²) in [6.45, 7) is -0.251. The van der Waals surface area contributed by atoms with Gasteiger partial charge < -0.3 is 10.5 Å². The van der Waals surface area contributed by atoms with E-state index in [0.717, 1.165) is 4.68 Å². The van der Waals surface area contributed by atoms with Crippen molar-refractivity contribution in [2.24, 2.45) is 10.8 Å². The van der Waals surface area contributed by atoms with Crippen molar-refractivity contribution in [3.8, 4) is 5.75 Å². The van der Waals surface area contributed by atoms with E-state index in [9.17, 15) is 22.4 Å². The Morgan fingerprint density at radius 1 is 1.41 bits per heavy atom. The molecule has 0 atom stereocenters. The molecule has 3 N–H and O–H groups in total. The molecule has 12 heteroatoms.